The Hall–Kier alpha value is -1.95. The van der Waals surface area contributed by atoms with Crippen molar-refractivity contribution >= 4 is 17.1 Å². The summed E-state index contributed by atoms with van der Waals surface area (Å²) in [5, 5.41) is 9.93. The average Bonchev–Trinajstić information content (AvgIpc) is 2.93. The van der Waals surface area contributed by atoms with E-state index in [4.69, 9.17) is 4.98 Å². The minimum Gasteiger partial charge on any atom is -0.381 e. The number of aromatic nitrogens is 3. The SMILES string of the molecule is CC(C)c1nc2cccnc2n1C1CCN(C(=O)C(C)(C)O)CC1. The zero-order valence-corrected chi connectivity index (χ0v) is 14.9. The molecule has 0 aromatic carbocycles. The van der Waals surface area contributed by atoms with Crippen LogP contribution in [0, 0.1) is 0 Å². The highest BCUT2D eigenvalue weighted by Crippen LogP contribution is 2.31. The number of aliphatic hydroxyl groups is 1. The van der Waals surface area contributed by atoms with E-state index in [0.717, 1.165) is 29.8 Å². The molecule has 0 bridgehead atoms. The van der Waals surface area contributed by atoms with Gasteiger partial charge in [0, 0.05) is 31.2 Å². The molecule has 3 heterocycles. The number of hydrogen-bond acceptors (Lipinski definition) is 4. The topological polar surface area (TPSA) is 71.2 Å². The highest BCUT2D eigenvalue weighted by atomic mass is 16.3. The first kappa shape index (κ1) is 16.9. The summed E-state index contributed by atoms with van der Waals surface area (Å²) >= 11 is 0. The predicted molar refractivity (Wildman–Crippen MR) is 92.8 cm³/mol. The molecule has 6 nitrogen and oxygen atoms in total. The Morgan fingerprint density at radius 3 is 2.58 bits per heavy atom. The summed E-state index contributed by atoms with van der Waals surface area (Å²) in [6.07, 6.45) is 3.50. The van der Waals surface area contributed by atoms with E-state index in [1.807, 2.05) is 12.1 Å². The minimum atomic E-state index is -1.31. The fraction of sp³-hybridized carbons (Fsp3) is 0.611. The van der Waals surface area contributed by atoms with Gasteiger partial charge >= 0.3 is 0 Å². The molecule has 3 rings (SSSR count). The molecule has 1 amide bonds. The zero-order valence-electron chi connectivity index (χ0n) is 14.9. The number of imidazole rings is 1. The largest absolute Gasteiger partial charge is 0.381 e. The van der Waals surface area contributed by atoms with Crippen LogP contribution in [0.1, 0.15) is 58.3 Å². The number of pyridine rings is 1. The van der Waals surface area contributed by atoms with E-state index in [9.17, 15) is 9.90 Å². The van der Waals surface area contributed by atoms with Gasteiger partial charge in [-0.05, 0) is 38.8 Å². The first-order valence-electron chi connectivity index (χ1n) is 8.63. The summed E-state index contributed by atoms with van der Waals surface area (Å²) in [6.45, 7) is 8.68. The molecule has 0 radical (unpaired) electrons. The van der Waals surface area contributed by atoms with Gasteiger partial charge in [-0.1, -0.05) is 13.8 Å². The van der Waals surface area contributed by atoms with Gasteiger partial charge in [0.2, 0.25) is 0 Å². The van der Waals surface area contributed by atoms with Crippen molar-refractivity contribution in [2.45, 2.75) is 58.1 Å². The highest BCUT2D eigenvalue weighted by Gasteiger charge is 2.33. The molecular formula is C18H26N4O2. The fourth-order valence-electron chi connectivity index (χ4n) is 3.43. The zero-order chi connectivity index (χ0) is 17.5. The highest BCUT2D eigenvalue weighted by molar-refractivity contribution is 5.84. The second kappa shape index (κ2) is 6.16. The summed E-state index contributed by atoms with van der Waals surface area (Å²) in [5.41, 5.74) is 0.545. The lowest BCUT2D eigenvalue weighted by molar-refractivity contribution is -0.149. The van der Waals surface area contributed by atoms with Crippen LogP contribution in [0.25, 0.3) is 11.2 Å². The van der Waals surface area contributed by atoms with Crippen molar-refractivity contribution in [2.75, 3.05) is 13.1 Å². The molecule has 1 aliphatic rings. The second-order valence-corrected chi connectivity index (χ2v) is 7.42. The molecule has 0 spiro atoms. The molecule has 0 unspecified atom stereocenters. The first-order valence-corrected chi connectivity index (χ1v) is 8.63. The van der Waals surface area contributed by atoms with Gasteiger partial charge in [-0.3, -0.25) is 4.79 Å². The lowest BCUT2D eigenvalue weighted by Gasteiger charge is -2.36. The minimum absolute atomic E-state index is 0.196. The monoisotopic (exact) mass is 330 g/mol. The van der Waals surface area contributed by atoms with E-state index in [0.29, 0.717) is 19.0 Å². The lowest BCUT2D eigenvalue weighted by atomic mass is 10.0. The Morgan fingerprint density at radius 2 is 2.00 bits per heavy atom. The van der Waals surface area contributed by atoms with Crippen molar-refractivity contribution in [3.05, 3.63) is 24.2 Å². The standard InChI is InChI=1S/C18H26N4O2/c1-12(2)15-20-14-6-5-9-19-16(14)22(15)13-7-10-21(11-8-13)17(23)18(3,4)24/h5-6,9,12-13,24H,7-8,10-11H2,1-4H3. The van der Waals surface area contributed by atoms with E-state index in [-0.39, 0.29) is 11.9 Å². The van der Waals surface area contributed by atoms with Crippen LogP contribution in [0.15, 0.2) is 18.3 Å². The molecule has 1 saturated heterocycles. The summed E-state index contributed by atoms with van der Waals surface area (Å²) in [6, 6.07) is 4.19. The van der Waals surface area contributed by atoms with Gasteiger partial charge in [0.15, 0.2) is 5.65 Å². The quantitative estimate of drug-likeness (QED) is 0.938. The number of likely N-dealkylation sites (tertiary alicyclic amines) is 1. The number of carbonyl (C=O) groups excluding carboxylic acids is 1. The number of hydrogen-bond donors (Lipinski definition) is 1. The van der Waals surface area contributed by atoms with Crippen LogP contribution in [-0.2, 0) is 4.79 Å². The van der Waals surface area contributed by atoms with E-state index in [1.165, 1.54) is 0 Å². The maximum atomic E-state index is 12.2. The molecule has 2 aromatic heterocycles. The molecule has 1 aliphatic heterocycles. The fourth-order valence-corrected chi connectivity index (χ4v) is 3.43. The van der Waals surface area contributed by atoms with Gasteiger partial charge in [-0.2, -0.15) is 0 Å². The molecule has 130 valence electrons. The van der Waals surface area contributed by atoms with Crippen LogP contribution >= 0.6 is 0 Å². The van der Waals surface area contributed by atoms with E-state index < -0.39 is 5.60 Å². The second-order valence-electron chi connectivity index (χ2n) is 7.42. The van der Waals surface area contributed by atoms with Gasteiger partial charge in [-0.15, -0.1) is 0 Å². The smallest absolute Gasteiger partial charge is 0.253 e. The third-order valence-electron chi connectivity index (χ3n) is 4.63. The van der Waals surface area contributed by atoms with Gasteiger partial charge in [0.1, 0.15) is 16.9 Å². The third-order valence-corrected chi connectivity index (χ3v) is 4.63. The molecule has 0 aliphatic carbocycles. The van der Waals surface area contributed by atoms with Crippen molar-refractivity contribution in [1.29, 1.82) is 0 Å². The van der Waals surface area contributed by atoms with Crippen LogP contribution < -0.4 is 0 Å². The Morgan fingerprint density at radius 1 is 1.33 bits per heavy atom. The summed E-state index contributed by atoms with van der Waals surface area (Å²) in [4.78, 5) is 23.3. The Bertz CT molecular complexity index is 737. The normalized spacial score (nSPS) is 17.0. The number of piperidine rings is 1. The number of nitrogens with zero attached hydrogens (tertiary/aromatic N) is 4. The average molecular weight is 330 g/mol. The molecular weight excluding hydrogens is 304 g/mol. The molecule has 0 saturated carbocycles. The van der Waals surface area contributed by atoms with Crippen molar-refractivity contribution in [3.63, 3.8) is 0 Å². The Balaban J connectivity index is 1.86. The van der Waals surface area contributed by atoms with Crippen LogP contribution in [0.3, 0.4) is 0 Å². The maximum absolute atomic E-state index is 12.2. The molecule has 1 N–H and O–H groups in total. The first-order chi connectivity index (χ1) is 11.3. The van der Waals surface area contributed by atoms with E-state index in [1.54, 1.807) is 24.9 Å². The Kier molecular flexibility index (Phi) is 4.34. The summed E-state index contributed by atoms with van der Waals surface area (Å²) in [7, 11) is 0. The molecule has 2 aromatic rings. The van der Waals surface area contributed by atoms with Crippen molar-refractivity contribution in [2.24, 2.45) is 0 Å². The number of amides is 1. The van der Waals surface area contributed by atoms with Crippen molar-refractivity contribution in [1.82, 2.24) is 19.4 Å². The number of fused-ring (bicyclic) bond motifs is 1. The van der Waals surface area contributed by atoms with E-state index in [2.05, 4.69) is 23.4 Å². The van der Waals surface area contributed by atoms with Gasteiger partial charge in [0.25, 0.3) is 5.91 Å². The lowest BCUT2D eigenvalue weighted by Crippen LogP contribution is -2.48. The van der Waals surface area contributed by atoms with Crippen LogP contribution in [0.4, 0.5) is 0 Å². The maximum Gasteiger partial charge on any atom is 0.253 e. The van der Waals surface area contributed by atoms with E-state index >= 15 is 0 Å². The van der Waals surface area contributed by atoms with Crippen LogP contribution in [-0.4, -0.2) is 49.1 Å². The van der Waals surface area contributed by atoms with Crippen LogP contribution in [0.5, 0.6) is 0 Å². The summed E-state index contributed by atoms with van der Waals surface area (Å²) in [5.74, 6) is 1.17. The summed E-state index contributed by atoms with van der Waals surface area (Å²) < 4.78 is 2.26. The molecule has 24 heavy (non-hydrogen) atoms. The van der Waals surface area contributed by atoms with Crippen molar-refractivity contribution in [3.8, 4) is 0 Å². The van der Waals surface area contributed by atoms with Gasteiger partial charge in [-0.25, -0.2) is 9.97 Å². The predicted octanol–water partition coefficient (Wildman–Crippen LogP) is 2.49. The van der Waals surface area contributed by atoms with Crippen LogP contribution in [0.2, 0.25) is 0 Å². The van der Waals surface area contributed by atoms with Crippen molar-refractivity contribution < 1.29 is 9.90 Å². The molecule has 0 atom stereocenters. The molecule has 1 fully saturated rings. The number of rotatable bonds is 3. The number of carbonyl (C=O) groups is 1. The Labute approximate surface area is 142 Å². The van der Waals surface area contributed by atoms with Gasteiger partial charge < -0.3 is 14.6 Å². The third kappa shape index (κ3) is 3.02. The molecule has 6 heteroatoms. The van der Waals surface area contributed by atoms with Gasteiger partial charge in [0.05, 0.1) is 0 Å².